The Morgan fingerprint density at radius 1 is 1.19 bits per heavy atom. The number of hydrogen-bond acceptors (Lipinski definition) is 6. The van der Waals surface area contributed by atoms with Gasteiger partial charge in [-0.25, -0.2) is 4.79 Å². The van der Waals surface area contributed by atoms with E-state index in [2.05, 4.69) is 5.32 Å². The van der Waals surface area contributed by atoms with E-state index in [4.69, 9.17) is 25.8 Å². The molecule has 136 valence electrons. The third-order valence-electron chi connectivity index (χ3n) is 3.43. The van der Waals surface area contributed by atoms with Crippen LogP contribution in [0.25, 0.3) is 0 Å². The molecule has 1 N–H and O–H groups in total. The number of esters is 1. The maximum absolute atomic E-state index is 12.1. The lowest BCUT2D eigenvalue weighted by atomic mass is 10.2. The first-order valence-electron chi connectivity index (χ1n) is 7.84. The monoisotopic (exact) mass is 393 g/mol. The number of halogens is 1. The van der Waals surface area contributed by atoms with E-state index in [1.165, 1.54) is 12.1 Å². The molecule has 6 nitrogen and oxygen atoms in total. The van der Waals surface area contributed by atoms with Crippen LogP contribution in [0.5, 0.6) is 11.5 Å². The smallest absolute Gasteiger partial charge is 0.338 e. The molecule has 2 aromatic rings. The summed E-state index contributed by atoms with van der Waals surface area (Å²) in [4.78, 5) is 25.0. The predicted octanol–water partition coefficient (Wildman–Crippen LogP) is 3.13. The molecule has 1 aliphatic rings. The van der Waals surface area contributed by atoms with Gasteiger partial charge in [0.2, 0.25) is 6.79 Å². The summed E-state index contributed by atoms with van der Waals surface area (Å²) in [7, 11) is 0. The Morgan fingerprint density at radius 3 is 2.81 bits per heavy atom. The highest BCUT2D eigenvalue weighted by atomic mass is 35.5. The molecule has 0 fully saturated rings. The van der Waals surface area contributed by atoms with Gasteiger partial charge in [-0.05, 0) is 24.3 Å². The van der Waals surface area contributed by atoms with Crippen LogP contribution in [-0.4, -0.2) is 37.6 Å². The second kappa shape index (κ2) is 8.82. The second-order valence-corrected chi connectivity index (χ2v) is 6.85. The molecule has 0 saturated carbocycles. The lowest BCUT2D eigenvalue weighted by molar-refractivity contribution is -0.124. The number of fused-ring (bicyclic) bond motifs is 1. The minimum absolute atomic E-state index is 0.0525. The topological polar surface area (TPSA) is 73.9 Å². The van der Waals surface area contributed by atoms with Gasteiger partial charge in [0.1, 0.15) is 0 Å². The van der Waals surface area contributed by atoms with Crippen molar-refractivity contribution in [1.82, 2.24) is 5.32 Å². The predicted molar refractivity (Wildman–Crippen MR) is 98.0 cm³/mol. The van der Waals surface area contributed by atoms with Crippen molar-refractivity contribution in [2.45, 2.75) is 4.90 Å². The highest BCUT2D eigenvalue weighted by Gasteiger charge is 2.21. The molecular formula is C18H16ClNO5S. The molecule has 0 spiro atoms. The van der Waals surface area contributed by atoms with Gasteiger partial charge >= 0.3 is 5.97 Å². The van der Waals surface area contributed by atoms with Crippen molar-refractivity contribution < 1.29 is 23.8 Å². The Bertz CT molecular complexity index is 800. The first kappa shape index (κ1) is 18.4. The summed E-state index contributed by atoms with van der Waals surface area (Å²) in [6.07, 6.45) is 0. The number of carbonyl (C=O) groups excluding carboxylic acids is 2. The number of amides is 1. The maximum atomic E-state index is 12.1. The Hall–Kier alpha value is -2.38. The van der Waals surface area contributed by atoms with Gasteiger partial charge in [0.05, 0.1) is 10.6 Å². The lowest BCUT2D eigenvalue weighted by Crippen LogP contribution is -2.30. The fraction of sp³-hybridized carbons (Fsp3) is 0.222. The van der Waals surface area contributed by atoms with Crippen molar-refractivity contribution in [3.05, 3.63) is 53.1 Å². The average Bonchev–Trinajstić information content (AvgIpc) is 3.13. The van der Waals surface area contributed by atoms with Crippen molar-refractivity contribution >= 4 is 35.2 Å². The maximum Gasteiger partial charge on any atom is 0.338 e. The van der Waals surface area contributed by atoms with Crippen LogP contribution in [0.2, 0.25) is 5.02 Å². The van der Waals surface area contributed by atoms with Crippen molar-refractivity contribution in [2.24, 2.45) is 0 Å². The van der Waals surface area contributed by atoms with Crippen LogP contribution in [-0.2, 0) is 9.53 Å². The van der Waals surface area contributed by atoms with Crippen LogP contribution >= 0.6 is 23.4 Å². The zero-order valence-electron chi connectivity index (χ0n) is 13.7. The molecule has 0 aliphatic carbocycles. The van der Waals surface area contributed by atoms with E-state index in [1.54, 1.807) is 11.8 Å². The van der Waals surface area contributed by atoms with E-state index in [0.717, 1.165) is 10.6 Å². The molecule has 0 atom stereocenters. The van der Waals surface area contributed by atoms with Gasteiger partial charge in [-0.1, -0.05) is 29.8 Å². The molecule has 26 heavy (non-hydrogen) atoms. The van der Waals surface area contributed by atoms with Crippen LogP contribution in [0, 0.1) is 0 Å². The Morgan fingerprint density at radius 2 is 2.00 bits per heavy atom. The van der Waals surface area contributed by atoms with E-state index in [0.29, 0.717) is 18.0 Å². The minimum atomic E-state index is -0.654. The Labute approximate surface area is 159 Å². The van der Waals surface area contributed by atoms with E-state index in [1.807, 2.05) is 30.3 Å². The fourth-order valence-corrected chi connectivity index (χ4v) is 3.28. The molecule has 8 heteroatoms. The first-order valence-corrected chi connectivity index (χ1v) is 9.20. The van der Waals surface area contributed by atoms with Crippen LogP contribution < -0.4 is 14.8 Å². The lowest BCUT2D eigenvalue weighted by Gasteiger charge is -2.08. The number of rotatable bonds is 7. The van der Waals surface area contributed by atoms with E-state index >= 15 is 0 Å². The van der Waals surface area contributed by atoms with Gasteiger partial charge in [-0.2, -0.15) is 0 Å². The Kier molecular flexibility index (Phi) is 6.25. The van der Waals surface area contributed by atoms with Gasteiger partial charge in [0, 0.05) is 17.2 Å². The summed E-state index contributed by atoms with van der Waals surface area (Å²) in [5.41, 5.74) is 0.201. The zero-order valence-corrected chi connectivity index (χ0v) is 15.3. The van der Waals surface area contributed by atoms with Gasteiger partial charge < -0.3 is 19.5 Å². The van der Waals surface area contributed by atoms with Gasteiger partial charge in [-0.3, -0.25) is 4.79 Å². The molecule has 0 unspecified atom stereocenters. The molecular weight excluding hydrogens is 378 g/mol. The fourth-order valence-electron chi connectivity index (χ4n) is 2.23. The molecule has 0 radical (unpaired) electrons. The largest absolute Gasteiger partial charge is 0.454 e. The number of ether oxygens (including phenoxy) is 3. The number of hydrogen-bond donors (Lipinski definition) is 1. The van der Waals surface area contributed by atoms with Crippen LogP contribution in [0.1, 0.15) is 10.4 Å². The van der Waals surface area contributed by atoms with Crippen molar-refractivity contribution in [2.75, 3.05) is 25.7 Å². The molecule has 3 rings (SSSR count). The zero-order chi connectivity index (χ0) is 18.4. The van der Waals surface area contributed by atoms with Crippen LogP contribution in [0.3, 0.4) is 0 Å². The van der Waals surface area contributed by atoms with E-state index in [9.17, 15) is 9.59 Å². The summed E-state index contributed by atoms with van der Waals surface area (Å²) in [5, 5.41) is 2.96. The van der Waals surface area contributed by atoms with E-state index < -0.39 is 5.97 Å². The molecule has 1 amide bonds. The van der Waals surface area contributed by atoms with E-state index in [-0.39, 0.29) is 29.9 Å². The molecule has 1 heterocycles. The average molecular weight is 394 g/mol. The summed E-state index contributed by atoms with van der Waals surface area (Å²) in [6.45, 7) is 0.170. The quantitative estimate of drug-likeness (QED) is 0.442. The normalized spacial score (nSPS) is 11.9. The second-order valence-electron chi connectivity index (χ2n) is 5.28. The standard InChI is InChI=1S/C18H16ClNO5S/c19-14-8-12(9-15-17(14)25-11-24-15)18(22)23-10-16(21)20-6-7-26-13-4-2-1-3-5-13/h1-5,8-9H,6-7,10-11H2,(H,20,21). The molecule has 2 aromatic carbocycles. The van der Waals surface area contributed by atoms with Crippen molar-refractivity contribution in [3.8, 4) is 11.5 Å². The summed E-state index contributed by atoms with van der Waals surface area (Å²) in [6, 6.07) is 12.8. The molecule has 1 aliphatic heterocycles. The van der Waals surface area contributed by atoms with Crippen LogP contribution in [0.15, 0.2) is 47.4 Å². The summed E-state index contributed by atoms with van der Waals surface area (Å²) >= 11 is 7.66. The third-order valence-corrected chi connectivity index (χ3v) is 4.73. The summed E-state index contributed by atoms with van der Waals surface area (Å²) in [5.74, 6) is 0.489. The van der Waals surface area contributed by atoms with Crippen LogP contribution in [0.4, 0.5) is 0 Å². The minimum Gasteiger partial charge on any atom is -0.454 e. The van der Waals surface area contributed by atoms with Crippen molar-refractivity contribution in [1.29, 1.82) is 0 Å². The van der Waals surface area contributed by atoms with Gasteiger partial charge in [0.15, 0.2) is 18.1 Å². The molecule has 0 saturated heterocycles. The molecule has 0 bridgehead atoms. The highest BCUT2D eigenvalue weighted by Crippen LogP contribution is 2.39. The summed E-state index contributed by atoms with van der Waals surface area (Å²) < 4.78 is 15.4. The van der Waals surface area contributed by atoms with Crippen molar-refractivity contribution in [3.63, 3.8) is 0 Å². The number of carbonyl (C=O) groups is 2. The number of benzene rings is 2. The number of nitrogens with one attached hydrogen (secondary N) is 1. The molecule has 0 aromatic heterocycles. The van der Waals surface area contributed by atoms with Gasteiger partial charge in [0.25, 0.3) is 5.91 Å². The first-order chi connectivity index (χ1) is 12.6. The third kappa shape index (κ3) is 4.83. The SMILES string of the molecule is O=C(COC(=O)c1cc(Cl)c2c(c1)OCO2)NCCSc1ccccc1. The van der Waals surface area contributed by atoms with Gasteiger partial charge in [-0.15, -0.1) is 11.8 Å². The Balaban J connectivity index is 1.40. The highest BCUT2D eigenvalue weighted by molar-refractivity contribution is 7.99. The number of thioether (sulfide) groups is 1.